The third-order valence-corrected chi connectivity index (χ3v) is 2.89. The molecule has 100 valence electrons. The third kappa shape index (κ3) is 3.06. The number of halogens is 1. The first kappa shape index (κ1) is 13.4. The molecule has 0 atom stereocenters. The highest BCUT2D eigenvalue weighted by atomic mass is 35.5. The predicted molar refractivity (Wildman–Crippen MR) is 71.6 cm³/mol. The second-order valence-corrected chi connectivity index (χ2v) is 4.29. The van der Waals surface area contributed by atoms with E-state index in [0.717, 1.165) is 5.76 Å². The molecule has 2 aromatic rings. The van der Waals surface area contributed by atoms with E-state index in [9.17, 15) is 9.90 Å². The average molecular weight is 281 g/mol. The van der Waals surface area contributed by atoms with Crippen molar-refractivity contribution in [1.29, 1.82) is 0 Å². The van der Waals surface area contributed by atoms with E-state index in [1.807, 2.05) is 13.0 Å². The number of rotatable bonds is 5. The molecule has 0 unspecified atom stereocenters. The number of furan rings is 1. The lowest BCUT2D eigenvalue weighted by molar-refractivity contribution is 0.0697. The Kier molecular flexibility index (Phi) is 4.06. The molecule has 2 heterocycles. The number of carboxylic acid groups (broad SMARTS) is 1. The number of pyridine rings is 1. The summed E-state index contributed by atoms with van der Waals surface area (Å²) in [5.41, 5.74) is 0.123. The number of aromatic nitrogens is 1. The minimum Gasteiger partial charge on any atom is -0.478 e. The number of anilines is 1. The summed E-state index contributed by atoms with van der Waals surface area (Å²) in [6, 6.07) is 6.54. The van der Waals surface area contributed by atoms with Crippen LogP contribution in [0.5, 0.6) is 0 Å². The fraction of sp³-hybridized carbons (Fsp3) is 0.231. The molecule has 0 spiro atoms. The molecule has 0 aliphatic carbocycles. The maximum absolute atomic E-state index is 11.2. The Balaban J connectivity index is 2.36. The molecule has 0 saturated heterocycles. The van der Waals surface area contributed by atoms with E-state index in [2.05, 4.69) is 4.98 Å². The van der Waals surface area contributed by atoms with Gasteiger partial charge in [-0.05, 0) is 31.2 Å². The summed E-state index contributed by atoms with van der Waals surface area (Å²) < 4.78 is 5.27. The third-order valence-electron chi connectivity index (χ3n) is 2.68. The van der Waals surface area contributed by atoms with Crippen LogP contribution in [-0.4, -0.2) is 22.6 Å². The molecular formula is C13H13ClN2O3. The fourth-order valence-corrected chi connectivity index (χ4v) is 1.90. The van der Waals surface area contributed by atoms with Crippen LogP contribution in [0.4, 0.5) is 5.82 Å². The molecule has 2 rings (SSSR count). The second-order valence-electron chi connectivity index (χ2n) is 3.90. The zero-order valence-corrected chi connectivity index (χ0v) is 11.1. The van der Waals surface area contributed by atoms with Gasteiger partial charge in [0.25, 0.3) is 0 Å². The van der Waals surface area contributed by atoms with E-state index in [1.165, 1.54) is 12.1 Å². The largest absolute Gasteiger partial charge is 0.478 e. The highest BCUT2D eigenvalue weighted by Crippen LogP contribution is 2.22. The van der Waals surface area contributed by atoms with Gasteiger partial charge in [0.15, 0.2) is 0 Å². The number of carbonyl (C=O) groups is 1. The maximum atomic E-state index is 11.2. The van der Waals surface area contributed by atoms with Crippen molar-refractivity contribution >= 4 is 23.4 Å². The summed E-state index contributed by atoms with van der Waals surface area (Å²) in [4.78, 5) is 17.1. The van der Waals surface area contributed by atoms with E-state index < -0.39 is 5.97 Å². The van der Waals surface area contributed by atoms with Crippen LogP contribution in [0.15, 0.2) is 34.9 Å². The van der Waals surface area contributed by atoms with Crippen LogP contribution in [-0.2, 0) is 6.54 Å². The van der Waals surface area contributed by atoms with Gasteiger partial charge in [-0.1, -0.05) is 11.6 Å². The topological polar surface area (TPSA) is 66.6 Å². The Morgan fingerprint density at radius 1 is 1.47 bits per heavy atom. The molecule has 0 aliphatic rings. The number of carboxylic acids is 1. The monoisotopic (exact) mass is 280 g/mol. The normalized spacial score (nSPS) is 10.4. The van der Waals surface area contributed by atoms with Gasteiger partial charge < -0.3 is 14.4 Å². The fourth-order valence-electron chi connectivity index (χ4n) is 1.76. The van der Waals surface area contributed by atoms with E-state index in [0.29, 0.717) is 18.9 Å². The first-order valence-electron chi connectivity index (χ1n) is 5.79. The quantitative estimate of drug-likeness (QED) is 0.853. The van der Waals surface area contributed by atoms with E-state index in [-0.39, 0.29) is 10.7 Å². The highest BCUT2D eigenvalue weighted by molar-refractivity contribution is 6.29. The lowest BCUT2D eigenvalue weighted by Crippen LogP contribution is -2.25. The summed E-state index contributed by atoms with van der Waals surface area (Å²) in [6.45, 7) is 2.95. The van der Waals surface area contributed by atoms with E-state index in [4.69, 9.17) is 16.0 Å². The van der Waals surface area contributed by atoms with Crippen LogP contribution in [0.25, 0.3) is 0 Å². The van der Waals surface area contributed by atoms with Gasteiger partial charge >= 0.3 is 5.97 Å². The molecule has 2 aromatic heterocycles. The summed E-state index contributed by atoms with van der Waals surface area (Å²) >= 11 is 5.85. The molecule has 0 bridgehead atoms. The summed E-state index contributed by atoms with van der Waals surface area (Å²) in [6.07, 6.45) is 1.58. The summed E-state index contributed by atoms with van der Waals surface area (Å²) in [5, 5.41) is 9.46. The highest BCUT2D eigenvalue weighted by Gasteiger charge is 2.18. The van der Waals surface area contributed by atoms with Crippen molar-refractivity contribution in [3.8, 4) is 0 Å². The molecule has 6 heteroatoms. The van der Waals surface area contributed by atoms with Gasteiger partial charge in [0, 0.05) is 6.54 Å². The Hall–Kier alpha value is -2.01. The standard InChI is InChI=1S/C13H13ClN2O3/c1-2-16(8-9-4-3-7-19-9)12-10(13(17)18)5-6-11(14)15-12/h3-7H,2,8H2,1H3,(H,17,18). The first-order chi connectivity index (χ1) is 9.11. The van der Waals surface area contributed by atoms with Gasteiger partial charge in [0.1, 0.15) is 22.3 Å². The first-order valence-corrected chi connectivity index (χ1v) is 6.16. The molecule has 0 saturated carbocycles. The second kappa shape index (κ2) is 5.75. The van der Waals surface area contributed by atoms with Gasteiger partial charge in [-0.2, -0.15) is 0 Å². The molecule has 0 fully saturated rings. The number of nitrogens with zero attached hydrogens (tertiary/aromatic N) is 2. The van der Waals surface area contributed by atoms with Gasteiger partial charge in [-0.3, -0.25) is 0 Å². The zero-order valence-electron chi connectivity index (χ0n) is 10.3. The van der Waals surface area contributed by atoms with Crippen molar-refractivity contribution in [1.82, 2.24) is 4.98 Å². The molecule has 19 heavy (non-hydrogen) atoms. The zero-order chi connectivity index (χ0) is 13.8. The molecule has 0 aliphatic heterocycles. The van der Waals surface area contributed by atoms with Crippen LogP contribution in [0.2, 0.25) is 5.15 Å². The van der Waals surface area contributed by atoms with Gasteiger partial charge in [-0.25, -0.2) is 9.78 Å². The number of hydrogen-bond acceptors (Lipinski definition) is 4. The Bertz CT molecular complexity index is 569. The van der Waals surface area contributed by atoms with Crippen molar-refractivity contribution in [2.24, 2.45) is 0 Å². The summed E-state index contributed by atoms with van der Waals surface area (Å²) in [7, 11) is 0. The van der Waals surface area contributed by atoms with Gasteiger partial charge in [-0.15, -0.1) is 0 Å². The van der Waals surface area contributed by atoms with E-state index >= 15 is 0 Å². The average Bonchev–Trinajstić information content (AvgIpc) is 2.88. The van der Waals surface area contributed by atoms with E-state index in [1.54, 1.807) is 17.2 Å². The van der Waals surface area contributed by atoms with Crippen molar-refractivity contribution < 1.29 is 14.3 Å². The molecule has 1 N–H and O–H groups in total. The lowest BCUT2D eigenvalue weighted by Gasteiger charge is -2.22. The van der Waals surface area contributed by atoms with Crippen LogP contribution in [0.1, 0.15) is 23.0 Å². The molecule has 0 aromatic carbocycles. The Morgan fingerprint density at radius 2 is 2.26 bits per heavy atom. The minimum absolute atomic E-state index is 0.123. The van der Waals surface area contributed by atoms with Crippen molar-refractivity contribution in [3.05, 3.63) is 47.0 Å². The van der Waals surface area contributed by atoms with Gasteiger partial charge in [0.05, 0.1) is 12.8 Å². The minimum atomic E-state index is -1.03. The van der Waals surface area contributed by atoms with Crippen LogP contribution in [0.3, 0.4) is 0 Å². The molecule has 0 amide bonds. The lowest BCUT2D eigenvalue weighted by atomic mass is 10.2. The van der Waals surface area contributed by atoms with Crippen molar-refractivity contribution in [2.45, 2.75) is 13.5 Å². The molecule has 5 nitrogen and oxygen atoms in total. The van der Waals surface area contributed by atoms with Crippen LogP contribution >= 0.6 is 11.6 Å². The summed E-state index contributed by atoms with van der Waals surface area (Å²) in [5.74, 6) is 0.0518. The smallest absolute Gasteiger partial charge is 0.339 e. The Labute approximate surface area is 115 Å². The number of aromatic carboxylic acids is 1. The van der Waals surface area contributed by atoms with Crippen LogP contribution < -0.4 is 4.90 Å². The number of hydrogen-bond donors (Lipinski definition) is 1. The van der Waals surface area contributed by atoms with Crippen molar-refractivity contribution in [2.75, 3.05) is 11.4 Å². The SMILES string of the molecule is CCN(Cc1ccco1)c1nc(Cl)ccc1C(=O)O. The van der Waals surface area contributed by atoms with Gasteiger partial charge in [0.2, 0.25) is 0 Å². The maximum Gasteiger partial charge on any atom is 0.339 e. The predicted octanol–water partition coefficient (Wildman–Crippen LogP) is 3.05. The Morgan fingerprint density at radius 3 is 2.84 bits per heavy atom. The molecule has 0 radical (unpaired) electrons. The molecular weight excluding hydrogens is 268 g/mol. The van der Waals surface area contributed by atoms with Crippen molar-refractivity contribution in [3.63, 3.8) is 0 Å². The van der Waals surface area contributed by atoms with Crippen LogP contribution in [0, 0.1) is 0 Å².